The summed E-state index contributed by atoms with van der Waals surface area (Å²) in [5, 5.41) is 2.89. The number of nitrogens with one attached hydrogen (secondary N) is 1. The molecule has 1 aliphatic rings. The average molecular weight is 198 g/mol. The van der Waals surface area contributed by atoms with E-state index in [1.807, 2.05) is 20.8 Å². The maximum Gasteiger partial charge on any atom is 0.243 e. The summed E-state index contributed by atoms with van der Waals surface area (Å²) in [5.41, 5.74) is -0.228. The van der Waals surface area contributed by atoms with Gasteiger partial charge in [0.25, 0.3) is 0 Å². The molecule has 14 heavy (non-hydrogen) atoms. The second kappa shape index (κ2) is 3.98. The number of rotatable bonds is 2. The van der Waals surface area contributed by atoms with Gasteiger partial charge in [0.15, 0.2) is 0 Å². The average Bonchev–Trinajstić information content (AvgIpc) is 2.47. The molecule has 1 fully saturated rings. The van der Waals surface area contributed by atoms with Gasteiger partial charge in [-0.3, -0.25) is 9.59 Å². The standard InChI is InChI=1S/C10H18N2O2/c1-10(2,3)11-9(14)8-5-4-6-12(8)7-13/h7-8H,4-6H2,1-3H3,(H,11,14)/t8-/m0/s1. The van der Waals surface area contributed by atoms with Crippen LogP contribution in [0.3, 0.4) is 0 Å². The van der Waals surface area contributed by atoms with Crippen LogP contribution in [0.4, 0.5) is 0 Å². The minimum Gasteiger partial charge on any atom is -0.350 e. The molecular formula is C10H18N2O2. The highest BCUT2D eigenvalue weighted by Crippen LogP contribution is 2.16. The van der Waals surface area contributed by atoms with Crippen molar-refractivity contribution in [2.45, 2.75) is 45.2 Å². The fourth-order valence-electron chi connectivity index (χ4n) is 1.65. The minimum atomic E-state index is -0.258. The molecule has 0 unspecified atom stereocenters. The fraction of sp³-hybridized carbons (Fsp3) is 0.800. The molecule has 4 nitrogen and oxygen atoms in total. The lowest BCUT2D eigenvalue weighted by Crippen LogP contribution is -2.49. The van der Waals surface area contributed by atoms with Crippen LogP contribution in [0.5, 0.6) is 0 Å². The van der Waals surface area contributed by atoms with Gasteiger partial charge in [-0.15, -0.1) is 0 Å². The summed E-state index contributed by atoms with van der Waals surface area (Å²) >= 11 is 0. The van der Waals surface area contributed by atoms with Crippen LogP contribution < -0.4 is 5.32 Å². The number of hydrogen-bond donors (Lipinski definition) is 1. The predicted molar refractivity (Wildman–Crippen MR) is 53.7 cm³/mol. The largest absolute Gasteiger partial charge is 0.350 e. The molecule has 1 N–H and O–H groups in total. The van der Waals surface area contributed by atoms with Crippen molar-refractivity contribution < 1.29 is 9.59 Å². The van der Waals surface area contributed by atoms with Crippen molar-refractivity contribution in [1.82, 2.24) is 10.2 Å². The van der Waals surface area contributed by atoms with Gasteiger partial charge in [0, 0.05) is 12.1 Å². The maximum absolute atomic E-state index is 11.7. The van der Waals surface area contributed by atoms with Crippen molar-refractivity contribution >= 4 is 12.3 Å². The van der Waals surface area contributed by atoms with Gasteiger partial charge in [0.2, 0.25) is 12.3 Å². The Balaban J connectivity index is 2.56. The highest BCUT2D eigenvalue weighted by Gasteiger charge is 2.31. The van der Waals surface area contributed by atoms with E-state index in [4.69, 9.17) is 0 Å². The number of amides is 2. The third kappa shape index (κ3) is 2.72. The van der Waals surface area contributed by atoms with Crippen molar-refractivity contribution in [2.24, 2.45) is 0 Å². The van der Waals surface area contributed by atoms with Gasteiger partial charge in [-0.2, -0.15) is 0 Å². The van der Waals surface area contributed by atoms with Crippen LogP contribution in [-0.4, -0.2) is 35.3 Å². The summed E-state index contributed by atoms with van der Waals surface area (Å²) in [6.45, 7) is 6.51. The number of nitrogens with zero attached hydrogens (tertiary/aromatic N) is 1. The molecule has 0 spiro atoms. The summed E-state index contributed by atoms with van der Waals surface area (Å²) in [5.74, 6) is -0.0397. The molecule has 1 heterocycles. The van der Waals surface area contributed by atoms with E-state index < -0.39 is 0 Å². The SMILES string of the molecule is CC(C)(C)NC(=O)[C@@H]1CCCN1C=O. The zero-order valence-electron chi connectivity index (χ0n) is 9.04. The molecule has 0 aliphatic carbocycles. The lowest BCUT2D eigenvalue weighted by atomic mass is 10.1. The van der Waals surface area contributed by atoms with Crippen LogP contribution in [0.2, 0.25) is 0 Å². The highest BCUT2D eigenvalue weighted by atomic mass is 16.2. The highest BCUT2D eigenvalue weighted by molar-refractivity contribution is 5.84. The van der Waals surface area contributed by atoms with Crippen molar-refractivity contribution in [3.8, 4) is 0 Å². The van der Waals surface area contributed by atoms with Crippen molar-refractivity contribution in [3.05, 3.63) is 0 Å². The zero-order chi connectivity index (χ0) is 10.8. The van der Waals surface area contributed by atoms with Crippen LogP contribution in [0.15, 0.2) is 0 Å². The van der Waals surface area contributed by atoms with E-state index in [1.165, 1.54) is 0 Å². The molecule has 4 heteroatoms. The Morgan fingerprint density at radius 3 is 2.64 bits per heavy atom. The van der Waals surface area contributed by atoms with Crippen LogP contribution in [-0.2, 0) is 9.59 Å². The van der Waals surface area contributed by atoms with Crippen LogP contribution in [0, 0.1) is 0 Å². The lowest BCUT2D eigenvalue weighted by Gasteiger charge is -2.26. The Morgan fingerprint density at radius 1 is 1.50 bits per heavy atom. The molecule has 1 aliphatic heterocycles. The first kappa shape index (κ1) is 11.0. The van der Waals surface area contributed by atoms with E-state index in [1.54, 1.807) is 4.90 Å². The van der Waals surface area contributed by atoms with Gasteiger partial charge in [0.1, 0.15) is 6.04 Å². The van der Waals surface area contributed by atoms with Crippen LogP contribution in [0.1, 0.15) is 33.6 Å². The van der Waals surface area contributed by atoms with E-state index in [-0.39, 0.29) is 17.5 Å². The van der Waals surface area contributed by atoms with E-state index in [2.05, 4.69) is 5.32 Å². The first-order chi connectivity index (χ1) is 6.44. The van der Waals surface area contributed by atoms with E-state index in [0.717, 1.165) is 19.3 Å². The van der Waals surface area contributed by atoms with E-state index >= 15 is 0 Å². The number of carbonyl (C=O) groups is 2. The van der Waals surface area contributed by atoms with Gasteiger partial charge in [-0.25, -0.2) is 0 Å². The van der Waals surface area contributed by atoms with Gasteiger partial charge in [-0.1, -0.05) is 0 Å². The summed E-state index contributed by atoms with van der Waals surface area (Å²) in [6, 6.07) is -0.258. The zero-order valence-corrected chi connectivity index (χ0v) is 9.04. The number of carbonyl (C=O) groups excluding carboxylic acids is 2. The molecule has 1 saturated heterocycles. The van der Waals surface area contributed by atoms with Crippen molar-refractivity contribution in [2.75, 3.05) is 6.54 Å². The Labute approximate surface area is 84.7 Å². The number of hydrogen-bond acceptors (Lipinski definition) is 2. The predicted octanol–water partition coefficient (Wildman–Crippen LogP) is 0.522. The Kier molecular flexibility index (Phi) is 3.13. The Hall–Kier alpha value is -1.06. The normalized spacial score (nSPS) is 22.2. The van der Waals surface area contributed by atoms with Crippen LogP contribution in [0.25, 0.3) is 0 Å². The Bertz CT molecular complexity index is 233. The van der Waals surface area contributed by atoms with Gasteiger partial charge in [0.05, 0.1) is 0 Å². The molecule has 0 aromatic rings. The Morgan fingerprint density at radius 2 is 2.14 bits per heavy atom. The van der Waals surface area contributed by atoms with Crippen molar-refractivity contribution in [3.63, 3.8) is 0 Å². The van der Waals surface area contributed by atoms with Gasteiger partial charge in [-0.05, 0) is 33.6 Å². The summed E-state index contributed by atoms with van der Waals surface area (Å²) in [4.78, 5) is 23.9. The molecule has 1 atom stereocenters. The quantitative estimate of drug-likeness (QED) is 0.658. The lowest BCUT2D eigenvalue weighted by molar-refractivity contribution is -0.132. The van der Waals surface area contributed by atoms with Gasteiger partial charge >= 0.3 is 0 Å². The summed E-state index contributed by atoms with van der Waals surface area (Å²) < 4.78 is 0. The number of likely N-dealkylation sites (tertiary alicyclic amines) is 1. The van der Waals surface area contributed by atoms with E-state index in [0.29, 0.717) is 6.54 Å². The molecule has 0 aromatic heterocycles. The minimum absolute atomic E-state index is 0.0397. The molecule has 0 bridgehead atoms. The fourth-order valence-corrected chi connectivity index (χ4v) is 1.65. The second-order valence-electron chi connectivity index (χ2n) is 4.74. The third-order valence-corrected chi connectivity index (χ3v) is 2.23. The molecule has 0 aromatic carbocycles. The van der Waals surface area contributed by atoms with Gasteiger partial charge < -0.3 is 10.2 Å². The third-order valence-electron chi connectivity index (χ3n) is 2.23. The topological polar surface area (TPSA) is 49.4 Å². The summed E-state index contributed by atoms with van der Waals surface area (Å²) in [7, 11) is 0. The second-order valence-corrected chi connectivity index (χ2v) is 4.74. The molecule has 0 radical (unpaired) electrons. The first-order valence-electron chi connectivity index (χ1n) is 4.97. The molecule has 2 amide bonds. The molecular weight excluding hydrogens is 180 g/mol. The van der Waals surface area contributed by atoms with E-state index in [9.17, 15) is 9.59 Å². The maximum atomic E-state index is 11.7. The smallest absolute Gasteiger partial charge is 0.243 e. The molecule has 0 saturated carbocycles. The molecule has 1 rings (SSSR count). The molecule has 80 valence electrons. The summed E-state index contributed by atoms with van der Waals surface area (Å²) in [6.07, 6.45) is 2.46. The van der Waals surface area contributed by atoms with Crippen molar-refractivity contribution in [1.29, 1.82) is 0 Å². The monoisotopic (exact) mass is 198 g/mol. The van der Waals surface area contributed by atoms with Crippen LogP contribution >= 0.6 is 0 Å². The first-order valence-corrected chi connectivity index (χ1v) is 4.97.